The Labute approximate surface area is 106 Å². The first kappa shape index (κ1) is 12.1. The van der Waals surface area contributed by atoms with E-state index < -0.39 is 0 Å². The molecule has 2 aromatic rings. The quantitative estimate of drug-likeness (QED) is 0.834. The van der Waals surface area contributed by atoms with Crippen LogP contribution in [0.1, 0.15) is 37.9 Å². The predicted molar refractivity (Wildman–Crippen MR) is 68.7 cm³/mol. The molecule has 0 atom stereocenters. The number of aryl methyl sites for hydroxylation is 1. The maximum atomic E-state index is 5.29. The van der Waals surface area contributed by atoms with Crippen molar-refractivity contribution in [3.05, 3.63) is 34.2 Å². The molecule has 0 fully saturated rings. The van der Waals surface area contributed by atoms with E-state index in [4.69, 9.17) is 16.7 Å². The minimum absolute atomic E-state index is 0.0443. The van der Waals surface area contributed by atoms with Gasteiger partial charge in [-0.3, -0.25) is 0 Å². The minimum Gasteiger partial charge on any atom is -0.359 e. The molecule has 0 spiro atoms. The van der Waals surface area contributed by atoms with E-state index in [1.54, 1.807) is 0 Å². The fourth-order valence-corrected chi connectivity index (χ4v) is 2.04. The molecule has 0 aliphatic heterocycles. The van der Waals surface area contributed by atoms with Gasteiger partial charge in [0.05, 0.1) is 12.2 Å². The van der Waals surface area contributed by atoms with Gasteiger partial charge in [0.25, 0.3) is 0 Å². The van der Waals surface area contributed by atoms with Gasteiger partial charge in [-0.2, -0.15) is 0 Å². The summed E-state index contributed by atoms with van der Waals surface area (Å²) in [5.74, 6) is 0.823. The highest BCUT2D eigenvalue weighted by atomic mass is 32.1. The Morgan fingerprint density at radius 2 is 2.18 bits per heavy atom. The highest BCUT2D eigenvalue weighted by molar-refractivity contribution is 7.71. The zero-order valence-electron chi connectivity index (χ0n) is 10.6. The van der Waals surface area contributed by atoms with Crippen LogP contribution < -0.4 is 0 Å². The number of hydrogen-bond donors (Lipinski definition) is 1. The first-order valence-electron chi connectivity index (χ1n) is 5.59. The van der Waals surface area contributed by atoms with Crippen molar-refractivity contribution in [2.24, 2.45) is 0 Å². The van der Waals surface area contributed by atoms with Crippen LogP contribution in [-0.4, -0.2) is 14.7 Å². The normalized spacial score (nSPS) is 12.0. The molecule has 4 nitrogen and oxygen atoms in total. The van der Waals surface area contributed by atoms with Crippen LogP contribution in [0.25, 0.3) is 0 Å². The van der Waals surface area contributed by atoms with Gasteiger partial charge in [0.15, 0.2) is 10.5 Å². The van der Waals surface area contributed by atoms with E-state index in [0.29, 0.717) is 11.3 Å². The fraction of sp³-hybridized carbons (Fsp3) is 0.500. The summed E-state index contributed by atoms with van der Waals surface area (Å²) in [5.41, 5.74) is 2.10. The van der Waals surface area contributed by atoms with E-state index in [1.807, 2.05) is 19.2 Å². The lowest BCUT2D eigenvalue weighted by Crippen LogP contribution is -2.18. The highest BCUT2D eigenvalue weighted by Crippen LogP contribution is 2.23. The number of aromatic nitrogens is 3. The predicted octanol–water partition coefficient (Wildman–Crippen LogP) is 3.19. The molecule has 0 aliphatic carbocycles. The van der Waals surface area contributed by atoms with Crippen molar-refractivity contribution in [1.82, 2.24) is 14.7 Å². The lowest BCUT2D eigenvalue weighted by molar-refractivity contribution is 0.368. The Hall–Kier alpha value is -1.36. The van der Waals surface area contributed by atoms with Gasteiger partial charge in [0, 0.05) is 23.4 Å². The van der Waals surface area contributed by atoms with Gasteiger partial charge in [-0.25, -0.2) is 0 Å². The average Bonchev–Trinajstić information content (AvgIpc) is 2.74. The van der Waals surface area contributed by atoms with Crippen molar-refractivity contribution < 1.29 is 4.52 Å². The molecule has 17 heavy (non-hydrogen) atoms. The number of imidazole rings is 1. The van der Waals surface area contributed by atoms with Crippen molar-refractivity contribution >= 4 is 12.2 Å². The number of nitrogens with zero attached hydrogens (tertiary/aromatic N) is 2. The maximum absolute atomic E-state index is 5.29. The lowest BCUT2D eigenvalue weighted by Gasteiger charge is -2.20. The molecule has 0 unspecified atom stereocenters. The third kappa shape index (κ3) is 2.49. The maximum Gasteiger partial charge on any atom is 0.177 e. The molecule has 0 aromatic carbocycles. The molecule has 0 amide bonds. The standard InChI is InChI=1S/C12H17N3OS/c1-8-5-9(16-14-8)7-15-10(12(2,3)4)6-13-11(15)17/h5-6H,7H2,1-4H3,(H,13,17). The van der Waals surface area contributed by atoms with Crippen molar-refractivity contribution in [2.75, 3.05) is 0 Å². The molecular weight excluding hydrogens is 234 g/mol. The fourth-order valence-electron chi connectivity index (χ4n) is 1.82. The summed E-state index contributed by atoms with van der Waals surface area (Å²) in [5, 5.41) is 3.89. The van der Waals surface area contributed by atoms with E-state index in [0.717, 1.165) is 17.1 Å². The first-order valence-corrected chi connectivity index (χ1v) is 5.99. The van der Waals surface area contributed by atoms with Crippen molar-refractivity contribution in [3.63, 3.8) is 0 Å². The van der Waals surface area contributed by atoms with Crippen LogP contribution >= 0.6 is 12.2 Å². The van der Waals surface area contributed by atoms with Gasteiger partial charge in [-0.1, -0.05) is 25.9 Å². The topological polar surface area (TPSA) is 46.8 Å². The summed E-state index contributed by atoms with van der Waals surface area (Å²) in [6.07, 6.45) is 1.96. The van der Waals surface area contributed by atoms with Crippen LogP contribution in [-0.2, 0) is 12.0 Å². The lowest BCUT2D eigenvalue weighted by atomic mass is 9.92. The van der Waals surface area contributed by atoms with Gasteiger partial charge >= 0.3 is 0 Å². The second-order valence-corrected chi connectivity index (χ2v) is 5.64. The average molecular weight is 251 g/mol. The molecule has 2 rings (SSSR count). The molecule has 2 heterocycles. The number of H-pyrrole nitrogens is 1. The Bertz CT molecular complexity index is 571. The van der Waals surface area contributed by atoms with E-state index in [-0.39, 0.29) is 5.41 Å². The number of nitrogens with one attached hydrogen (secondary N) is 1. The Morgan fingerprint density at radius 1 is 1.47 bits per heavy atom. The molecule has 0 bridgehead atoms. The second kappa shape index (κ2) is 4.14. The van der Waals surface area contributed by atoms with E-state index in [2.05, 4.69) is 35.5 Å². The summed E-state index contributed by atoms with van der Waals surface area (Å²) in [4.78, 5) is 3.09. The zero-order valence-corrected chi connectivity index (χ0v) is 11.4. The van der Waals surface area contributed by atoms with Gasteiger partial charge in [0.2, 0.25) is 0 Å². The van der Waals surface area contributed by atoms with E-state index >= 15 is 0 Å². The van der Waals surface area contributed by atoms with Gasteiger partial charge in [0.1, 0.15) is 0 Å². The number of aromatic amines is 1. The van der Waals surface area contributed by atoms with E-state index in [9.17, 15) is 0 Å². The minimum atomic E-state index is 0.0443. The summed E-state index contributed by atoms with van der Waals surface area (Å²) in [7, 11) is 0. The van der Waals surface area contributed by atoms with Gasteiger partial charge < -0.3 is 14.1 Å². The Kier molecular flexibility index (Phi) is 2.95. The molecule has 92 valence electrons. The Morgan fingerprint density at radius 3 is 2.71 bits per heavy atom. The molecule has 2 aromatic heterocycles. The monoisotopic (exact) mass is 251 g/mol. The molecule has 0 saturated heterocycles. The van der Waals surface area contributed by atoms with Crippen molar-refractivity contribution in [3.8, 4) is 0 Å². The molecule has 1 N–H and O–H groups in total. The van der Waals surface area contributed by atoms with Crippen LogP contribution in [0, 0.1) is 11.7 Å². The van der Waals surface area contributed by atoms with Crippen LogP contribution in [0.15, 0.2) is 16.8 Å². The van der Waals surface area contributed by atoms with Gasteiger partial charge in [-0.15, -0.1) is 0 Å². The van der Waals surface area contributed by atoms with Crippen molar-refractivity contribution in [2.45, 2.75) is 39.7 Å². The molecule has 0 aliphatic rings. The number of rotatable bonds is 2. The van der Waals surface area contributed by atoms with Crippen LogP contribution in [0.3, 0.4) is 0 Å². The highest BCUT2D eigenvalue weighted by Gasteiger charge is 2.20. The largest absolute Gasteiger partial charge is 0.359 e. The zero-order chi connectivity index (χ0) is 12.6. The van der Waals surface area contributed by atoms with E-state index in [1.165, 1.54) is 0 Å². The van der Waals surface area contributed by atoms with Crippen LogP contribution in [0.2, 0.25) is 0 Å². The molecule has 5 heteroatoms. The molecular formula is C12H17N3OS. The van der Waals surface area contributed by atoms with Crippen LogP contribution in [0.4, 0.5) is 0 Å². The molecule has 0 saturated carbocycles. The second-order valence-electron chi connectivity index (χ2n) is 5.25. The summed E-state index contributed by atoms with van der Waals surface area (Å²) in [6, 6.07) is 1.93. The summed E-state index contributed by atoms with van der Waals surface area (Å²) >= 11 is 5.29. The van der Waals surface area contributed by atoms with Crippen LogP contribution in [0.5, 0.6) is 0 Å². The number of hydrogen-bond acceptors (Lipinski definition) is 3. The summed E-state index contributed by atoms with van der Waals surface area (Å²) < 4.78 is 7.99. The first-order chi connectivity index (χ1) is 7.88. The third-order valence-electron chi connectivity index (χ3n) is 2.63. The summed E-state index contributed by atoms with van der Waals surface area (Å²) in [6.45, 7) is 9.01. The third-order valence-corrected chi connectivity index (χ3v) is 2.97. The Balaban J connectivity index is 2.39. The van der Waals surface area contributed by atoms with Crippen molar-refractivity contribution in [1.29, 1.82) is 0 Å². The molecule has 0 radical (unpaired) electrons. The smallest absolute Gasteiger partial charge is 0.177 e. The SMILES string of the molecule is Cc1cc(Cn2c(C(C)(C)C)c[nH]c2=S)on1. The van der Waals surface area contributed by atoms with Gasteiger partial charge in [-0.05, 0) is 19.1 Å².